The lowest BCUT2D eigenvalue weighted by Crippen LogP contribution is -2.21. The molecule has 2 heteroatoms. The van der Waals surface area contributed by atoms with Gasteiger partial charge in [0.25, 0.3) is 0 Å². The molecular formula is C8H14N2. The third kappa shape index (κ3) is 1.39. The van der Waals surface area contributed by atoms with Gasteiger partial charge < -0.3 is 4.57 Å². The van der Waals surface area contributed by atoms with Crippen LogP contribution in [0.4, 0.5) is 0 Å². The van der Waals surface area contributed by atoms with Crippen LogP contribution >= 0.6 is 0 Å². The molecule has 10 heavy (non-hydrogen) atoms. The van der Waals surface area contributed by atoms with Crippen molar-refractivity contribution >= 4 is 0 Å². The molecule has 1 rings (SSSR count). The van der Waals surface area contributed by atoms with Crippen LogP contribution in [-0.4, -0.2) is 23.6 Å². The van der Waals surface area contributed by atoms with Gasteiger partial charge in [-0.15, -0.1) is 0 Å². The SMILES string of the molecule is CC(N(C)C)n1cccc1. The molecule has 2 nitrogen and oxygen atoms in total. The lowest BCUT2D eigenvalue weighted by molar-refractivity contribution is 0.239. The average Bonchev–Trinajstić information content (AvgIpc) is 2.36. The molecule has 0 saturated carbocycles. The third-order valence-corrected chi connectivity index (χ3v) is 1.81. The summed E-state index contributed by atoms with van der Waals surface area (Å²) in [6.07, 6.45) is 4.60. The Hall–Kier alpha value is -0.760. The first-order valence-corrected chi connectivity index (χ1v) is 3.50. The second kappa shape index (κ2) is 2.88. The van der Waals surface area contributed by atoms with E-state index in [-0.39, 0.29) is 0 Å². The summed E-state index contributed by atoms with van der Waals surface area (Å²) >= 11 is 0. The highest BCUT2D eigenvalue weighted by Crippen LogP contribution is 2.06. The van der Waals surface area contributed by atoms with E-state index in [1.165, 1.54) is 0 Å². The monoisotopic (exact) mass is 138 g/mol. The van der Waals surface area contributed by atoms with E-state index < -0.39 is 0 Å². The number of hydrogen-bond acceptors (Lipinski definition) is 1. The largest absolute Gasteiger partial charge is 0.339 e. The summed E-state index contributed by atoms with van der Waals surface area (Å²) in [5, 5.41) is 0. The van der Waals surface area contributed by atoms with E-state index in [0.29, 0.717) is 6.17 Å². The lowest BCUT2D eigenvalue weighted by Gasteiger charge is -2.21. The van der Waals surface area contributed by atoms with Gasteiger partial charge in [-0.1, -0.05) is 0 Å². The van der Waals surface area contributed by atoms with Gasteiger partial charge in [-0.2, -0.15) is 0 Å². The summed E-state index contributed by atoms with van der Waals surface area (Å²) in [7, 11) is 4.15. The van der Waals surface area contributed by atoms with Crippen LogP contribution in [-0.2, 0) is 0 Å². The molecule has 0 amide bonds. The molecule has 0 bridgehead atoms. The molecule has 1 aromatic heterocycles. The first-order valence-electron chi connectivity index (χ1n) is 3.50. The summed E-state index contributed by atoms with van der Waals surface area (Å²) in [5.41, 5.74) is 0. The molecule has 1 unspecified atom stereocenters. The first kappa shape index (κ1) is 7.35. The Kier molecular flexibility index (Phi) is 2.12. The zero-order valence-corrected chi connectivity index (χ0v) is 6.78. The molecule has 0 aliphatic carbocycles. The predicted octanol–water partition coefficient (Wildman–Crippen LogP) is 1.57. The zero-order valence-electron chi connectivity index (χ0n) is 6.78. The minimum atomic E-state index is 0.454. The molecule has 0 N–H and O–H groups in total. The highest BCUT2D eigenvalue weighted by molar-refractivity contribution is 4.91. The smallest absolute Gasteiger partial charge is 0.0824 e. The molecule has 1 heterocycles. The Labute approximate surface area is 62.1 Å². The van der Waals surface area contributed by atoms with E-state index in [4.69, 9.17) is 0 Å². The highest BCUT2D eigenvalue weighted by Gasteiger charge is 2.02. The van der Waals surface area contributed by atoms with Gasteiger partial charge >= 0.3 is 0 Å². The Morgan fingerprint density at radius 2 is 1.70 bits per heavy atom. The molecule has 0 aromatic carbocycles. The molecule has 1 atom stereocenters. The fourth-order valence-electron chi connectivity index (χ4n) is 0.864. The van der Waals surface area contributed by atoms with E-state index in [1.54, 1.807) is 0 Å². The van der Waals surface area contributed by atoms with Crippen LogP contribution in [0.15, 0.2) is 24.5 Å². The molecule has 0 saturated heterocycles. The van der Waals surface area contributed by atoms with Crippen molar-refractivity contribution in [2.24, 2.45) is 0 Å². The Morgan fingerprint density at radius 3 is 2.10 bits per heavy atom. The van der Waals surface area contributed by atoms with Crippen molar-refractivity contribution in [3.8, 4) is 0 Å². The van der Waals surface area contributed by atoms with Gasteiger partial charge in [0.15, 0.2) is 0 Å². The first-order chi connectivity index (χ1) is 4.72. The van der Waals surface area contributed by atoms with Crippen LogP contribution in [0, 0.1) is 0 Å². The van der Waals surface area contributed by atoms with Gasteiger partial charge in [0, 0.05) is 12.4 Å². The minimum absolute atomic E-state index is 0.454. The van der Waals surface area contributed by atoms with Crippen LogP contribution in [0.25, 0.3) is 0 Å². The molecular weight excluding hydrogens is 124 g/mol. The maximum Gasteiger partial charge on any atom is 0.0824 e. The van der Waals surface area contributed by atoms with Crippen LogP contribution in [0.1, 0.15) is 13.1 Å². The summed E-state index contributed by atoms with van der Waals surface area (Å²) in [5.74, 6) is 0. The van der Waals surface area contributed by atoms with Crippen LogP contribution in [0.2, 0.25) is 0 Å². The Balaban J connectivity index is 2.68. The fraction of sp³-hybridized carbons (Fsp3) is 0.500. The van der Waals surface area contributed by atoms with Crippen molar-refractivity contribution < 1.29 is 0 Å². The van der Waals surface area contributed by atoms with Gasteiger partial charge in [-0.3, -0.25) is 4.90 Å². The van der Waals surface area contributed by atoms with Gasteiger partial charge in [-0.05, 0) is 33.2 Å². The van der Waals surface area contributed by atoms with Gasteiger partial charge in [0.2, 0.25) is 0 Å². The summed E-state index contributed by atoms with van der Waals surface area (Å²) < 4.78 is 2.17. The van der Waals surface area contributed by atoms with Crippen LogP contribution < -0.4 is 0 Å². The quantitative estimate of drug-likeness (QED) is 0.602. The van der Waals surface area contributed by atoms with E-state index >= 15 is 0 Å². The molecule has 0 radical (unpaired) electrons. The number of rotatable bonds is 2. The molecule has 1 aromatic rings. The van der Waals surface area contributed by atoms with E-state index in [0.717, 1.165) is 0 Å². The van der Waals surface area contributed by atoms with E-state index in [1.807, 2.05) is 12.1 Å². The second-order valence-corrected chi connectivity index (χ2v) is 2.73. The van der Waals surface area contributed by atoms with Crippen molar-refractivity contribution in [1.29, 1.82) is 0 Å². The molecule has 0 aliphatic heterocycles. The van der Waals surface area contributed by atoms with Crippen molar-refractivity contribution in [1.82, 2.24) is 9.47 Å². The van der Waals surface area contributed by atoms with Gasteiger partial charge in [0.05, 0.1) is 6.17 Å². The standard InChI is InChI=1S/C8H14N2/c1-8(9(2)3)10-6-4-5-7-10/h4-8H,1-3H3. The summed E-state index contributed by atoms with van der Waals surface area (Å²) in [4.78, 5) is 2.17. The Bertz CT molecular complexity index is 177. The van der Waals surface area contributed by atoms with E-state index in [2.05, 4.69) is 42.9 Å². The summed E-state index contributed by atoms with van der Waals surface area (Å²) in [6, 6.07) is 4.08. The maximum atomic E-state index is 2.17. The molecule has 0 spiro atoms. The second-order valence-electron chi connectivity index (χ2n) is 2.73. The van der Waals surface area contributed by atoms with E-state index in [9.17, 15) is 0 Å². The number of aromatic nitrogens is 1. The molecule has 56 valence electrons. The maximum absolute atomic E-state index is 2.17. The van der Waals surface area contributed by atoms with Crippen LogP contribution in [0.3, 0.4) is 0 Å². The lowest BCUT2D eigenvalue weighted by atomic mass is 10.5. The summed E-state index contributed by atoms with van der Waals surface area (Å²) in [6.45, 7) is 2.17. The average molecular weight is 138 g/mol. The number of hydrogen-bond donors (Lipinski definition) is 0. The third-order valence-electron chi connectivity index (χ3n) is 1.81. The highest BCUT2D eigenvalue weighted by atomic mass is 15.2. The van der Waals surface area contributed by atoms with Gasteiger partial charge in [0.1, 0.15) is 0 Å². The fourth-order valence-corrected chi connectivity index (χ4v) is 0.864. The van der Waals surface area contributed by atoms with Crippen molar-refractivity contribution in [3.63, 3.8) is 0 Å². The zero-order chi connectivity index (χ0) is 7.56. The van der Waals surface area contributed by atoms with Gasteiger partial charge in [-0.25, -0.2) is 0 Å². The van der Waals surface area contributed by atoms with Crippen molar-refractivity contribution in [2.45, 2.75) is 13.1 Å². The normalized spacial score (nSPS) is 14.0. The molecule has 0 aliphatic rings. The topological polar surface area (TPSA) is 8.17 Å². The minimum Gasteiger partial charge on any atom is -0.339 e. The predicted molar refractivity (Wildman–Crippen MR) is 42.8 cm³/mol. The van der Waals surface area contributed by atoms with Crippen LogP contribution in [0.5, 0.6) is 0 Å². The van der Waals surface area contributed by atoms with Crippen molar-refractivity contribution in [2.75, 3.05) is 14.1 Å². The Morgan fingerprint density at radius 1 is 1.20 bits per heavy atom. The molecule has 0 fully saturated rings. The van der Waals surface area contributed by atoms with Crippen molar-refractivity contribution in [3.05, 3.63) is 24.5 Å². The number of nitrogens with zero attached hydrogens (tertiary/aromatic N) is 2.